The highest BCUT2D eigenvalue weighted by molar-refractivity contribution is 6.24. The highest BCUT2D eigenvalue weighted by Crippen LogP contribution is 2.29. The minimum absolute atomic E-state index is 0.0585. The number of benzene rings is 3. The molecule has 0 aliphatic heterocycles. The van der Waals surface area contributed by atoms with Gasteiger partial charge in [0, 0.05) is 34.9 Å². The van der Waals surface area contributed by atoms with E-state index in [4.69, 9.17) is 9.47 Å². The first-order chi connectivity index (χ1) is 16.0. The average molecular weight is 441 g/mol. The number of phenols is 1. The maximum atomic E-state index is 12.8. The molecule has 1 aromatic heterocycles. The van der Waals surface area contributed by atoms with Crippen molar-refractivity contribution in [3.05, 3.63) is 103 Å². The summed E-state index contributed by atoms with van der Waals surface area (Å²) in [6, 6.07) is 19.8. The Morgan fingerprint density at radius 2 is 1.91 bits per heavy atom. The Hall–Kier alpha value is -4.52. The average Bonchev–Trinajstić information content (AvgIpc) is 3.38. The molecule has 7 nitrogen and oxygen atoms in total. The molecule has 1 amide bonds. The van der Waals surface area contributed by atoms with Crippen LogP contribution in [0.4, 0.5) is 5.69 Å². The van der Waals surface area contributed by atoms with Crippen molar-refractivity contribution in [2.24, 2.45) is 0 Å². The van der Waals surface area contributed by atoms with Crippen LogP contribution in [0.15, 0.2) is 92.0 Å². The Morgan fingerprint density at radius 3 is 2.61 bits per heavy atom. The molecule has 0 atom stereocenters. The van der Waals surface area contributed by atoms with E-state index in [0.717, 1.165) is 11.3 Å². The molecule has 0 fully saturated rings. The van der Waals surface area contributed by atoms with Gasteiger partial charge in [-0.2, -0.15) is 0 Å². The number of imidazole rings is 1. The minimum Gasteiger partial charge on any atom is -0.504 e. The van der Waals surface area contributed by atoms with E-state index in [1.807, 2.05) is 53.2 Å². The van der Waals surface area contributed by atoms with Crippen LogP contribution in [0.1, 0.15) is 11.1 Å². The lowest BCUT2D eigenvalue weighted by atomic mass is 10.1. The smallest absolute Gasteiger partial charge is 0.255 e. The summed E-state index contributed by atoms with van der Waals surface area (Å²) in [4.78, 5) is 16.8. The molecule has 4 rings (SSSR count). The van der Waals surface area contributed by atoms with Crippen LogP contribution in [0, 0.1) is 0 Å². The van der Waals surface area contributed by atoms with Crippen molar-refractivity contribution in [3.8, 4) is 22.9 Å². The molecule has 0 aliphatic rings. The summed E-state index contributed by atoms with van der Waals surface area (Å²) < 4.78 is 12.9. The van der Waals surface area contributed by atoms with Crippen LogP contribution in [0.25, 0.3) is 11.3 Å². The molecule has 0 saturated carbocycles. The first-order valence-electron chi connectivity index (χ1n) is 10.2. The second-order valence-corrected chi connectivity index (χ2v) is 7.23. The molecule has 4 aromatic rings. The fraction of sp³-hybridized carbons (Fsp3) is 0.0769. The monoisotopic (exact) mass is 441 g/mol. The van der Waals surface area contributed by atoms with Crippen LogP contribution in [0.5, 0.6) is 17.2 Å². The predicted molar refractivity (Wildman–Crippen MR) is 127 cm³/mol. The quantitative estimate of drug-likeness (QED) is 0.383. The van der Waals surface area contributed by atoms with E-state index in [2.05, 4.69) is 16.9 Å². The normalized spacial score (nSPS) is 10.5. The van der Waals surface area contributed by atoms with Gasteiger partial charge in [0.2, 0.25) is 0 Å². The lowest BCUT2D eigenvalue weighted by Gasteiger charge is -2.14. The van der Waals surface area contributed by atoms with Gasteiger partial charge in [0.05, 0.1) is 13.4 Å². The first-order valence-corrected chi connectivity index (χ1v) is 10.2. The first kappa shape index (κ1) is 21.7. The Kier molecular flexibility index (Phi) is 6.40. The van der Waals surface area contributed by atoms with E-state index in [1.165, 1.54) is 13.2 Å². The standard InChI is InChI=1S/C26H23N3O4/c1-18(19-7-12-25(32-2)24(30)15-19)26(31)28-23-6-4-3-5-20(23)16-33-22-10-8-21(9-11-22)29-14-13-27-17-29/h3-15,17,30H,1,16H2,2H3,(H,28,31). The molecule has 0 aliphatic carbocycles. The molecule has 166 valence electrons. The zero-order valence-corrected chi connectivity index (χ0v) is 18.1. The minimum atomic E-state index is -0.378. The number of hydrogen-bond donors (Lipinski definition) is 2. The molecule has 0 bridgehead atoms. The van der Waals surface area contributed by atoms with E-state index in [9.17, 15) is 9.90 Å². The summed E-state index contributed by atoms with van der Waals surface area (Å²) in [5.41, 5.74) is 3.14. The summed E-state index contributed by atoms with van der Waals surface area (Å²) >= 11 is 0. The third kappa shape index (κ3) is 5.04. The number of aromatic nitrogens is 2. The van der Waals surface area contributed by atoms with Crippen LogP contribution < -0.4 is 14.8 Å². The Bertz CT molecular complexity index is 1270. The van der Waals surface area contributed by atoms with E-state index in [1.54, 1.807) is 30.7 Å². The molecule has 0 spiro atoms. The van der Waals surface area contributed by atoms with Gasteiger partial charge in [0.1, 0.15) is 12.4 Å². The zero-order chi connectivity index (χ0) is 23.2. The van der Waals surface area contributed by atoms with E-state index >= 15 is 0 Å². The van der Waals surface area contributed by atoms with Crippen molar-refractivity contribution in [3.63, 3.8) is 0 Å². The predicted octanol–water partition coefficient (Wildman–Crippen LogP) is 4.82. The maximum Gasteiger partial charge on any atom is 0.255 e. The highest BCUT2D eigenvalue weighted by atomic mass is 16.5. The number of ether oxygens (including phenoxy) is 2. The lowest BCUT2D eigenvalue weighted by molar-refractivity contribution is -0.111. The van der Waals surface area contributed by atoms with E-state index in [0.29, 0.717) is 22.7 Å². The molecule has 33 heavy (non-hydrogen) atoms. The van der Waals surface area contributed by atoms with Gasteiger partial charge < -0.3 is 24.5 Å². The van der Waals surface area contributed by atoms with Crippen molar-refractivity contribution in [2.75, 3.05) is 12.4 Å². The third-order valence-electron chi connectivity index (χ3n) is 5.10. The maximum absolute atomic E-state index is 12.8. The molecule has 7 heteroatoms. The van der Waals surface area contributed by atoms with Gasteiger partial charge in [-0.15, -0.1) is 0 Å². The van der Waals surface area contributed by atoms with Crippen molar-refractivity contribution in [2.45, 2.75) is 6.61 Å². The number of carbonyl (C=O) groups excluding carboxylic acids is 1. The zero-order valence-electron chi connectivity index (χ0n) is 18.1. The Morgan fingerprint density at radius 1 is 1.12 bits per heavy atom. The summed E-state index contributed by atoms with van der Waals surface area (Å²) in [6.45, 7) is 4.14. The number of rotatable bonds is 8. The van der Waals surface area contributed by atoms with E-state index in [-0.39, 0.29) is 23.8 Å². The number of anilines is 1. The molecular formula is C26H23N3O4. The molecule has 0 radical (unpaired) electrons. The summed E-state index contributed by atoms with van der Waals surface area (Å²) in [6.07, 6.45) is 5.33. The SMILES string of the molecule is C=C(C(=O)Nc1ccccc1COc1ccc(-n2ccnc2)cc1)c1ccc(OC)c(O)c1. The van der Waals surface area contributed by atoms with Crippen LogP contribution >= 0.6 is 0 Å². The van der Waals surface area contributed by atoms with Crippen molar-refractivity contribution >= 4 is 17.2 Å². The van der Waals surface area contributed by atoms with Crippen LogP contribution in [0.2, 0.25) is 0 Å². The molecule has 2 N–H and O–H groups in total. The van der Waals surface area contributed by atoms with Crippen LogP contribution in [-0.2, 0) is 11.4 Å². The second-order valence-electron chi connectivity index (χ2n) is 7.23. The Balaban J connectivity index is 1.42. The largest absolute Gasteiger partial charge is 0.504 e. The number of amides is 1. The summed E-state index contributed by atoms with van der Waals surface area (Å²) in [5, 5.41) is 12.9. The number of phenolic OH excluding ortho intramolecular Hbond substituents is 1. The fourth-order valence-electron chi connectivity index (χ4n) is 3.26. The van der Waals surface area contributed by atoms with E-state index < -0.39 is 0 Å². The van der Waals surface area contributed by atoms with Crippen LogP contribution in [0.3, 0.4) is 0 Å². The lowest BCUT2D eigenvalue weighted by Crippen LogP contribution is -2.15. The number of nitrogens with one attached hydrogen (secondary N) is 1. The molecule has 3 aromatic carbocycles. The third-order valence-corrected chi connectivity index (χ3v) is 5.10. The summed E-state index contributed by atoms with van der Waals surface area (Å²) in [5.74, 6) is 0.596. The number of para-hydroxylation sites is 1. The number of aromatic hydroxyl groups is 1. The van der Waals surface area contributed by atoms with Gasteiger partial charge >= 0.3 is 0 Å². The van der Waals surface area contributed by atoms with Gasteiger partial charge in [-0.1, -0.05) is 30.8 Å². The van der Waals surface area contributed by atoms with Gasteiger partial charge in [0.15, 0.2) is 11.5 Å². The fourth-order valence-corrected chi connectivity index (χ4v) is 3.26. The molecule has 0 unspecified atom stereocenters. The number of methoxy groups -OCH3 is 1. The number of hydrogen-bond acceptors (Lipinski definition) is 5. The van der Waals surface area contributed by atoms with Gasteiger partial charge in [-0.05, 0) is 48.0 Å². The van der Waals surface area contributed by atoms with Crippen molar-refractivity contribution in [1.82, 2.24) is 9.55 Å². The van der Waals surface area contributed by atoms with Crippen LogP contribution in [-0.4, -0.2) is 27.7 Å². The van der Waals surface area contributed by atoms with Crippen molar-refractivity contribution < 1.29 is 19.4 Å². The van der Waals surface area contributed by atoms with Gasteiger partial charge in [0.25, 0.3) is 5.91 Å². The van der Waals surface area contributed by atoms with Gasteiger partial charge in [-0.25, -0.2) is 4.98 Å². The molecule has 1 heterocycles. The van der Waals surface area contributed by atoms with Crippen molar-refractivity contribution in [1.29, 1.82) is 0 Å². The topological polar surface area (TPSA) is 85.6 Å². The second kappa shape index (κ2) is 9.74. The molecular weight excluding hydrogens is 418 g/mol. The van der Waals surface area contributed by atoms with Gasteiger partial charge in [-0.3, -0.25) is 4.79 Å². The summed E-state index contributed by atoms with van der Waals surface area (Å²) in [7, 11) is 1.46. The number of nitrogens with zero attached hydrogens (tertiary/aromatic N) is 2. The Labute approximate surface area is 191 Å². The highest BCUT2D eigenvalue weighted by Gasteiger charge is 2.14. The number of carbonyl (C=O) groups is 1. The molecule has 0 saturated heterocycles.